The molecule has 2 aromatic heterocycles. The lowest BCUT2D eigenvalue weighted by molar-refractivity contribution is -0.118. The van der Waals surface area contributed by atoms with Crippen LogP contribution in [0.2, 0.25) is 0 Å². The number of fused-ring (bicyclic) bond motifs is 1. The quantitative estimate of drug-likeness (QED) is 0.805. The molecular formula is C17H17N3O2. The molecule has 22 heavy (non-hydrogen) atoms. The average molecular weight is 295 g/mol. The highest BCUT2D eigenvalue weighted by Crippen LogP contribution is 2.15. The normalized spacial score (nSPS) is 10.6. The van der Waals surface area contributed by atoms with Crippen LogP contribution in [0.5, 0.6) is 5.75 Å². The Morgan fingerprint density at radius 1 is 1.18 bits per heavy atom. The van der Waals surface area contributed by atoms with Gasteiger partial charge in [0.2, 0.25) is 0 Å². The van der Waals surface area contributed by atoms with Crippen LogP contribution in [0.25, 0.3) is 5.65 Å². The summed E-state index contributed by atoms with van der Waals surface area (Å²) in [6, 6.07) is 13.0. The number of hydrogen-bond donors (Lipinski definition) is 1. The number of ether oxygens (including phenoxy) is 1. The van der Waals surface area contributed by atoms with Crippen molar-refractivity contribution >= 4 is 17.2 Å². The summed E-state index contributed by atoms with van der Waals surface area (Å²) in [4.78, 5) is 16.4. The van der Waals surface area contributed by atoms with Crippen LogP contribution in [-0.2, 0) is 4.79 Å². The number of benzene rings is 1. The first-order chi connectivity index (χ1) is 10.6. The molecule has 0 aliphatic heterocycles. The van der Waals surface area contributed by atoms with E-state index in [-0.39, 0.29) is 12.5 Å². The van der Waals surface area contributed by atoms with Crippen LogP contribution in [0, 0.1) is 13.8 Å². The largest absolute Gasteiger partial charge is 0.484 e. The standard InChI is InChI=1S/C17H17N3O2/c1-12-13(2)20-10-14(8-9-16(20)18-12)19-17(21)11-22-15-6-4-3-5-7-15/h3-10H,11H2,1-2H3,(H,19,21). The molecule has 0 spiro atoms. The van der Waals surface area contributed by atoms with E-state index in [2.05, 4.69) is 10.3 Å². The van der Waals surface area contributed by atoms with E-state index in [1.807, 2.05) is 66.9 Å². The lowest BCUT2D eigenvalue weighted by Gasteiger charge is -2.08. The summed E-state index contributed by atoms with van der Waals surface area (Å²) < 4.78 is 7.39. The van der Waals surface area contributed by atoms with E-state index in [0.717, 1.165) is 22.7 Å². The highest BCUT2D eigenvalue weighted by atomic mass is 16.5. The van der Waals surface area contributed by atoms with E-state index >= 15 is 0 Å². The molecule has 0 saturated heterocycles. The molecule has 1 aromatic carbocycles. The molecule has 5 nitrogen and oxygen atoms in total. The van der Waals surface area contributed by atoms with Crippen LogP contribution in [0.3, 0.4) is 0 Å². The molecular weight excluding hydrogens is 278 g/mol. The van der Waals surface area contributed by atoms with Crippen molar-refractivity contribution in [3.63, 3.8) is 0 Å². The number of pyridine rings is 1. The van der Waals surface area contributed by atoms with Gasteiger partial charge in [-0.3, -0.25) is 4.79 Å². The van der Waals surface area contributed by atoms with Gasteiger partial charge in [-0.25, -0.2) is 4.98 Å². The number of para-hydroxylation sites is 1. The summed E-state index contributed by atoms with van der Waals surface area (Å²) in [5.41, 5.74) is 3.63. The lowest BCUT2D eigenvalue weighted by atomic mass is 10.3. The second-order valence-electron chi connectivity index (χ2n) is 5.08. The van der Waals surface area contributed by atoms with Crippen molar-refractivity contribution in [2.24, 2.45) is 0 Å². The fourth-order valence-corrected chi connectivity index (χ4v) is 2.22. The Bertz CT molecular complexity index is 809. The summed E-state index contributed by atoms with van der Waals surface area (Å²) in [6.45, 7) is 3.94. The highest BCUT2D eigenvalue weighted by molar-refractivity contribution is 5.91. The molecule has 0 aliphatic rings. The van der Waals surface area contributed by atoms with Gasteiger partial charge < -0.3 is 14.5 Å². The minimum Gasteiger partial charge on any atom is -0.484 e. The van der Waals surface area contributed by atoms with Crippen molar-refractivity contribution < 1.29 is 9.53 Å². The first-order valence-electron chi connectivity index (χ1n) is 7.06. The molecule has 0 fully saturated rings. The van der Waals surface area contributed by atoms with Gasteiger partial charge in [0, 0.05) is 11.9 Å². The Hall–Kier alpha value is -2.82. The van der Waals surface area contributed by atoms with Crippen molar-refractivity contribution in [3.8, 4) is 5.75 Å². The smallest absolute Gasteiger partial charge is 0.262 e. The van der Waals surface area contributed by atoms with E-state index in [4.69, 9.17) is 4.74 Å². The molecule has 3 aromatic rings. The molecule has 0 unspecified atom stereocenters. The maximum atomic E-state index is 12.0. The van der Waals surface area contributed by atoms with Gasteiger partial charge in [0.05, 0.1) is 11.4 Å². The van der Waals surface area contributed by atoms with Crippen molar-refractivity contribution in [2.45, 2.75) is 13.8 Å². The van der Waals surface area contributed by atoms with Gasteiger partial charge in [-0.2, -0.15) is 0 Å². The summed E-state index contributed by atoms with van der Waals surface area (Å²) in [6.07, 6.45) is 1.87. The van der Waals surface area contributed by atoms with Crippen LogP contribution >= 0.6 is 0 Å². The van der Waals surface area contributed by atoms with Gasteiger partial charge in [0.1, 0.15) is 11.4 Å². The molecule has 0 aliphatic carbocycles. The average Bonchev–Trinajstić information content (AvgIpc) is 2.81. The molecule has 0 bridgehead atoms. The minimum absolute atomic E-state index is 0.0238. The number of rotatable bonds is 4. The van der Waals surface area contributed by atoms with Gasteiger partial charge in [-0.05, 0) is 38.1 Å². The van der Waals surface area contributed by atoms with Crippen molar-refractivity contribution in [1.82, 2.24) is 9.38 Å². The SMILES string of the molecule is Cc1nc2ccc(NC(=O)COc3ccccc3)cn2c1C. The lowest BCUT2D eigenvalue weighted by Crippen LogP contribution is -2.20. The monoisotopic (exact) mass is 295 g/mol. The Balaban J connectivity index is 1.67. The number of carbonyl (C=O) groups is 1. The molecule has 0 saturated carbocycles. The van der Waals surface area contributed by atoms with Crippen LogP contribution in [0.4, 0.5) is 5.69 Å². The number of aromatic nitrogens is 2. The molecule has 3 rings (SSSR count). The van der Waals surface area contributed by atoms with Crippen LogP contribution in [-0.4, -0.2) is 21.9 Å². The third-order valence-electron chi connectivity index (χ3n) is 3.49. The number of imidazole rings is 1. The Morgan fingerprint density at radius 2 is 1.95 bits per heavy atom. The number of hydrogen-bond acceptors (Lipinski definition) is 3. The third-order valence-corrected chi connectivity index (χ3v) is 3.49. The Morgan fingerprint density at radius 3 is 2.73 bits per heavy atom. The minimum atomic E-state index is -0.197. The second-order valence-corrected chi connectivity index (χ2v) is 5.08. The van der Waals surface area contributed by atoms with Crippen LogP contribution < -0.4 is 10.1 Å². The number of aryl methyl sites for hydroxylation is 2. The summed E-state index contributed by atoms with van der Waals surface area (Å²) in [5.74, 6) is 0.479. The van der Waals surface area contributed by atoms with E-state index in [9.17, 15) is 4.79 Å². The molecule has 2 heterocycles. The first-order valence-corrected chi connectivity index (χ1v) is 7.06. The van der Waals surface area contributed by atoms with E-state index < -0.39 is 0 Å². The molecule has 1 N–H and O–H groups in total. The van der Waals surface area contributed by atoms with E-state index in [0.29, 0.717) is 5.75 Å². The first kappa shape index (κ1) is 14.1. The van der Waals surface area contributed by atoms with Crippen LogP contribution in [0.1, 0.15) is 11.4 Å². The molecule has 5 heteroatoms. The van der Waals surface area contributed by atoms with E-state index in [1.54, 1.807) is 0 Å². The molecule has 112 valence electrons. The number of amides is 1. The maximum absolute atomic E-state index is 12.0. The van der Waals surface area contributed by atoms with Gasteiger partial charge in [0.25, 0.3) is 5.91 Å². The summed E-state index contributed by atoms with van der Waals surface area (Å²) in [5, 5.41) is 2.83. The zero-order valence-corrected chi connectivity index (χ0v) is 12.5. The predicted octanol–water partition coefficient (Wildman–Crippen LogP) is 2.97. The van der Waals surface area contributed by atoms with E-state index in [1.165, 1.54) is 0 Å². The van der Waals surface area contributed by atoms with Gasteiger partial charge in [-0.15, -0.1) is 0 Å². The number of nitrogens with zero attached hydrogens (tertiary/aromatic N) is 2. The zero-order chi connectivity index (χ0) is 15.5. The topological polar surface area (TPSA) is 55.6 Å². The van der Waals surface area contributed by atoms with Crippen molar-refractivity contribution in [3.05, 3.63) is 60.0 Å². The van der Waals surface area contributed by atoms with Gasteiger partial charge >= 0.3 is 0 Å². The van der Waals surface area contributed by atoms with Crippen LogP contribution in [0.15, 0.2) is 48.7 Å². The van der Waals surface area contributed by atoms with Gasteiger partial charge in [0.15, 0.2) is 6.61 Å². The maximum Gasteiger partial charge on any atom is 0.262 e. The summed E-state index contributed by atoms with van der Waals surface area (Å²) in [7, 11) is 0. The zero-order valence-electron chi connectivity index (χ0n) is 12.5. The van der Waals surface area contributed by atoms with Crippen molar-refractivity contribution in [1.29, 1.82) is 0 Å². The summed E-state index contributed by atoms with van der Waals surface area (Å²) >= 11 is 0. The number of anilines is 1. The second kappa shape index (κ2) is 5.89. The molecule has 1 amide bonds. The predicted molar refractivity (Wildman–Crippen MR) is 85.2 cm³/mol. The highest BCUT2D eigenvalue weighted by Gasteiger charge is 2.07. The fourth-order valence-electron chi connectivity index (χ4n) is 2.22. The number of carbonyl (C=O) groups excluding carboxylic acids is 1. The number of nitrogens with one attached hydrogen (secondary N) is 1. The Kier molecular flexibility index (Phi) is 3.78. The van der Waals surface area contributed by atoms with Crippen molar-refractivity contribution in [2.75, 3.05) is 11.9 Å². The molecule has 0 radical (unpaired) electrons. The van der Waals surface area contributed by atoms with Gasteiger partial charge in [-0.1, -0.05) is 18.2 Å². The molecule has 0 atom stereocenters. The fraction of sp³-hybridized carbons (Fsp3) is 0.176. The third kappa shape index (κ3) is 2.93. The Labute approximate surface area is 128 Å².